The van der Waals surface area contributed by atoms with Crippen LogP contribution < -0.4 is 32.4 Å². The highest BCUT2D eigenvalue weighted by Gasteiger charge is 2.30. The van der Waals surface area contributed by atoms with Crippen LogP contribution in [-0.4, -0.2) is 84.5 Å². The van der Waals surface area contributed by atoms with Crippen molar-refractivity contribution < 1.29 is 52.2 Å². The van der Waals surface area contributed by atoms with E-state index in [1.807, 2.05) is 0 Å². The minimum absolute atomic E-state index is 0.000783. The van der Waals surface area contributed by atoms with Gasteiger partial charge < -0.3 is 35.7 Å². The summed E-state index contributed by atoms with van der Waals surface area (Å²) in [5, 5.41) is 23.2. The standard InChI is InChI=1S/C47H56F4N12O6/c1-26-38(28(3)60(5)40(26)44(66)56-30-14-16-34(48)36(50)20-30)42(64)46(68)54-22-32-25-63(59-58-32)19-13-11-9-8-10-12-18-53-23-33(62(7)52)24-55-47(69)43(65)39-27(2)41(61(6)29(39)4)45(67)57-31-15-17-35(49)37(51)21-31/h14-17,20-21,23,25,53H,8-13,18-19,22,24,52H2,1-7H3,(H,54,68)(H,55,69)(H,56,66)(H,57,67)/p+1/b33-23-. The van der Waals surface area contributed by atoms with Crippen molar-refractivity contribution in [2.24, 2.45) is 14.1 Å². The van der Waals surface area contributed by atoms with E-state index < -0.39 is 58.5 Å². The predicted molar refractivity (Wildman–Crippen MR) is 246 cm³/mol. The lowest BCUT2D eigenvalue weighted by atomic mass is 10.0. The Morgan fingerprint density at radius 1 is 0.681 bits per heavy atom. The quantitative estimate of drug-likeness (QED) is 0.0175. The molecule has 0 unspecified atom stereocenters. The molecule has 8 N–H and O–H groups in total. The molecule has 0 radical (unpaired) electrons. The van der Waals surface area contributed by atoms with Gasteiger partial charge in [0.05, 0.1) is 43.2 Å². The van der Waals surface area contributed by atoms with Gasteiger partial charge in [0.1, 0.15) is 17.1 Å². The van der Waals surface area contributed by atoms with Crippen LogP contribution in [0.15, 0.2) is 54.5 Å². The fourth-order valence-electron chi connectivity index (χ4n) is 7.75. The van der Waals surface area contributed by atoms with Crippen LogP contribution in [0.3, 0.4) is 0 Å². The molecular formula is C47H57F4N12O6+. The summed E-state index contributed by atoms with van der Waals surface area (Å²) in [6.45, 7) is 7.48. The van der Waals surface area contributed by atoms with Crippen molar-refractivity contribution in [3.63, 3.8) is 0 Å². The molecule has 0 saturated heterocycles. The Hall–Kier alpha value is -7.62. The fraction of sp³-hybridized carbons (Fsp3) is 0.362. The number of rotatable bonds is 23. The first-order valence-electron chi connectivity index (χ1n) is 22.1. The number of hydrogen-bond acceptors (Lipinski definition) is 10. The van der Waals surface area contributed by atoms with E-state index in [-0.39, 0.29) is 58.1 Å². The Morgan fingerprint density at radius 2 is 1.16 bits per heavy atom. The van der Waals surface area contributed by atoms with E-state index in [4.69, 9.17) is 0 Å². The third-order valence-corrected chi connectivity index (χ3v) is 11.7. The number of unbranched alkanes of at least 4 members (excludes halogenated alkanes) is 5. The second kappa shape index (κ2) is 23.4. The average molecular weight is 962 g/mol. The van der Waals surface area contributed by atoms with Gasteiger partial charge in [0, 0.05) is 68.3 Å². The van der Waals surface area contributed by atoms with E-state index in [9.17, 15) is 46.3 Å². The SMILES string of the molecule is Cc1c(C(=O)C(=O)NC/C(=C/NCCCCCCCCn2cc(CNC(=O)C(=O)c3c(C)c(C(=O)Nc4ccc(F)c(F)c4)n(C)c3C)nn2)N(C)[NH3+])c(C)n(C)c1C(=O)Nc1ccc(F)c(F)c1. The molecule has 0 bridgehead atoms. The van der Waals surface area contributed by atoms with E-state index >= 15 is 0 Å². The third kappa shape index (κ3) is 12.9. The molecule has 0 fully saturated rings. The Labute approximate surface area is 395 Å². The van der Waals surface area contributed by atoms with Gasteiger partial charge in [-0.25, -0.2) is 22.6 Å². The van der Waals surface area contributed by atoms with Crippen LogP contribution in [0, 0.1) is 51.0 Å². The summed E-state index contributed by atoms with van der Waals surface area (Å²) in [4.78, 5) is 78.7. The summed E-state index contributed by atoms with van der Waals surface area (Å²) in [7, 11) is 4.82. The topological polar surface area (TPSA) is 234 Å². The van der Waals surface area contributed by atoms with E-state index in [1.54, 1.807) is 57.1 Å². The molecular weight excluding hydrogens is 905 g/mol. The molecule has 2 aromatic carbocycles. The Bertz CT molecular complexity index is 2790. The van der Waals surface area contributed by atoms with Crippen molar-refractivity contribution in [2.75, 3.05) is 30.8 Å². The molecule has 22 heteroatoms. The average Bonchev–Trinajstić information content (AvgIpc) is 3.92. The first kappa shape index (κ1) is 52.4. The molecule has 5 rings (SSSR count). The molecule has 5 aromatic rings. The second-order valence-electron chi connectivity index (χ2n) is 16.6. The largest absolute Gasteiger partial charge is 0.389 e. The lowest BCUT2D eigenvalue weighted by Gasteiger charge is -2.15. The number of ketones is 2. The maximum Gasteiger partial charge on any atom is 0.292 e. The summed E-state index contributed by atoms with van der Waals surface area (Å²) in [6, 6.07) is 5.86. The van der Waals surface area contributed by atoms with Crippen molar-refractivity contribution in [3.8, 4) is 0 Å². The van der Waals surface area contributed by atoms with Gasteiger partial charge in [0.25, 0.3) is 35.2 Å². The van der Waals surface area contributed by atoms with Gasteiger partial charge in [0.15, 0.2) is 23.3 Å². The van der Waals surface area contributed by atoms with Gasteiger partial charge in [-0.2, -0.15) is 0 Å². The van der Waals surface area contributed by atoms with Crippen LogP contribution in [-0.2, 0) is 36.8 Å². The van der Waals surface area contributed by atoms with Crippen LogP contribution in [0.5, 0.6) is 0 Å². The van der Waals surface area contributed by atoms with E-state index in [1.165, 1.54) is 35.1 Å². The monoisotopic (exact) mass is 961 g/mol. The molecule has 69 heavy (non-hydrogen) atoms. The lowest BCUT2D eigenvalue weighted by Crippen LogP contribution is -2.65. The highest BCUT2D eigenvalue weighted by Crippen LogP contribution is 2.25. The van der Waals surface area contributed by atoms with Gasteiger partial charge >= 0.3 is 0 Å². The molecule has 4 amide bonds. The number of carbonyl (C=O) groups is 6. The Kier molecular flexibility index (Phi) is 17.8. The van der Waals surface area contributed by atoms with Crippen molar-refractivity contribution in [1.82, 2.24) is 45.1 Å². The second-order valence-corrected chi connectivity index (χ2v) is 16.6. The summed E-state index contributed by atoms with van der Waals surface area (Å²) in [5.41, 5.74) is 2.65. The number of likely N-dealkylation sites (N-methyl/N-ethyl adjacent to an activating group) is 1. The van der Waals surface area contributed by atoms with Crippen molar-refractivity contribution >= 4 is 46.6 Å². The van der Waals surface area contributed by atoms with Gasteiger partial charge in [0.2, 0.25) is 0 Å². The van der Waals surface area contributed by atoms with Crippen LogP contribution in [0.1, 0.15) is 108 Å². The minimum atomic E-state index is -1.13. The Morgan fingerprint density at radius 3 is 1.65 bits per heavy atom. The smallest absolute Gasteiger partial charge is 0.292 e. The number of halogens is 4. The zero-order chi connectivity index (χ0) is 50.7. The fourth-order valence-corrected chi connectivity index (χ4v) is 7.75. The number of benzene rings is 2. The first-order chi connectivity index (χ1) is 32.7. The van der Waals surface area contributed by atoms with Gasteiger partial charge in [-0.15, -0.1) is 5.10 Å². The molecule has 0 aliphatic carbocycles. The number of quaternary nitrogens is 1. The molecule has 0 spiro atoms. The summed E-state index contributed by atoms with van der Waals surface area (Å²) >= 11 is 0. The maximum absolute atomic E-state index is 13.7. The number of aromatic nitrogens is 5. The van der Waals surface area contributed by atoms with Crippen LogP contribution in [0.2, 0.25) is 0 Å². The number of anilines is 2. The molecule has 368 valence electrons. The van der Waals surface area contributed by atoms with E-state index in [2.05, 4.69) is 42.7 Å². The molecule has 0 aliphatic rings. The number of Topliss-reactive ketones (excluding diaryl/α,β-unsaturated/α-hetero) is 2. The number of amides is 4. The van der Waals surface area contributed by atoms with Gasteiger partial charge in [-0.05, 0) is 75.9 Å². The Balaban J connectivity index is 0.978. The van der Waals surface area contributed by atoms with Crippen LogP contribution >= 0.6 is 0 Å². The molecule has 0 atom stereocenters. The molecule has 18 nitrogen and oxygen atoms in total. The molecule has 0 saturated carbocycles. The van der Waals surface area contributed by atoms with Crippen LogP contribution in [0.25, 0.3) is 0 Å². The molecule has 0 aliphatic heterocycles. The van der Waals surface area contributed by atoms with Crippen molar-refractivity contribution in [3.05, 3.63) is 128 Å². The normalized spacial score (nSPS) is 11.3. The summed E-state index contributed by atoms with van der Waals surface area (Å²) in [5.74, 6) is -5.27. The van der Waals surface area contributed by atoms with E-state index in [0.29, 0.717) is 35.9 Å². The minimum Gasteiger partial charge on any atom is -0.389 e. The first-order valence-corrected chi connectivity index (χ1v) is 22.1. The molecule has 3 aromatic heterocycles. The number of aryl methyl sites for hydroxylation is 1. The lowest BCUT2D eigenvalue weighted by molar-refractivity contribution is -0.552. The number of hydrogen-bond donors (Lipinski definition) is 6. The number of nitrogens with one attached hydrogen (secondary N) is 5. The third-order valence-electron chi connectivity index (χ3n) is 11.7. The predicted octanol–water partition coefficient (Wildman–Crippen LogP) is 4.61. The highest BCUT2D eigenvalue weighted by molar-refractivity contribution is 6.44. The zero-order valence-corrected chi connectivity index (χ0v) is 39.5. The number of nitrogens with zero attached hydrogens (tertiary/aromatic N) is 6. The van der Waals surface area contributed by atoms with Crippen LogP contribution in [0.4, 0.5) is 28.9 Å². The zero-order valence-electron chi connectivity index (χ0n) is 39.5. The summed E-state index contributed by atoms with van der Waals surface area (Å²) in [6.07, 6.45) is 9.07. The van der Waals surface area contributed by atoms with E-state index in [0.717, 1.165) is 62.8 Å². The van der Waals surface area contributed by atoms with Gasteiger partial charge in [-0.3, -0.25) is 39.3 Å². The molecule has 3 heterocycles. The van der Waals surface area contributed by atoms with Gasteiger partial charge in [-0.1, -0.05) is 30.9 Å². The maximum atomic E-state index is 13.7. The van der Waals surface area contributed by atoms with Crippen molar-refractivity contribution in [2.45, 2.75) is 79.3 Å². The highest BCUT2D eigenvalue weighted by atomic mass is 19.2. The summed E-state index contributed by atoms with van der Waals surface area (Å²) < 4.78 is 58.7. The van der Waals surface area contributed by atoms with Crippen molar-refractivity contribution in [1.29, 1.82) is 0 Å². The number of carbonyl (C=O) groups excluding carboxylic acids is 6.